The van der Waals surface area contributed by atoms with E-state index in [1.54, 1.807) is 29.2 Å². The molecule has 3 N–H and O–H groups in total. The summed E-state index contributed by atoms with van der Waals surface area (Å²) in [6, 6.07) is 12.5. The molecule has 1 saturated heterocycles. The number of nitrogens with one attached hydrogen (secondary N) is 1. The van der Waals surface area contributed by atoms with E-state index in [0.29, 0.717) is 30.1 Å². The summed E-state index contributed by atoms with van der Waals surface area (Å²) in [6.07, 6.45) is 0.782. The highest BCUT2D eigenvalue weighted by Gasteiger charge is 2.25. The number of likely N-dealkylation sites (tertiary alicyclic amines) is 1. The first kappa shape index (κ1) is 21.0. The fraction of sp³-hybridized carbons (Fsp3) is 0.278. The van der Waals surface area contributed by atoms with Gasteiger partial charge in [-0.2, -0.15) is 0 Å². The highest BCUT2D eigenvalue weighted by atomic mass is 35.5. The molecule has 0 spiro atoms. The number of amides is 1. The van der Waals surface area contributed by atoms with Crippen LogP contribution in [0.4, 0.5) is 5.69 Å². The lowest BCUT2D eigenvalue weighted by atomic mass is 10.2. The average Bonchev–Trinajstić information content (AvgIpc) is 3.08. The number of nitrogens with two attached hydrogens (primary N) is 1. The molecule has 0 unspecified atom stereocenters. The summed E-state index contributed by atoms with van der Waals surface area (Å²) in [5.41, 5.74) is 6.70. The van der Waals surface area contributed by atoms with Gasteiger partial charge in [-0.05, 0) is 55.0 Å². The van der Waals surface area contributed by atoms with Crippen LogP contribution >= 0.6 is 12.4 Å². The molecule has 1 atom stereocenters. The Morgan fingerprint density at radius 2 is 1.78 bits per heavy atom. The second kappa shape index (κ2) is 8.60. The van der Waals surface area contributed by atoms with Crippen molar-refractivity contribution < 1.29 is 17.9 Å². The van der Waals surface area contributed by atoms with Crippen LogP contribution in [0.15, 0.2) is 53.4 Å². The van der Waals surface area contributed by atoms with Gasteiger partial charge in [0.05, 0.1) is 12.0 Å². The van der Waals surface area contributed by atoms with Crippen LogP contribution in [0.3, 0.4) is 0 Å². The lowest BCUT2D eigenvalue weighted by molar-refractivity contribution is 0.0791. The zero-order valence-electron chi connectivity index (χ0n) is 14.8. The number of methoxy groups -OCH3 is 1. The zero-order valence-corrected chi connectivity index (χ0v) is 16.4. The molecular weight excluding hydrogens is 390 g/mol. The molecule has 0 saturated carbocycles. The van der Waals surface area contributed by atoms with Crippen LogP contribution in [0.2, 0.25) is 0 Å². The van der Waals surface area contributed by atoms with Crippen molar-refractivity contribution in [3.05, 3.63) is 54.1 Å². The molecule has 1 fully saturated rings. The van der Waals surface area contributed by atoms with E-state index in [9.17, 15) is 13.2 Å². The van der Waals surface area contributed by atoms with Crippen molar-refractivity contribution in [2.24, 2.45) is 5.73 Å². The first-order chi connectivity index (χ1) is 12.4. The van der Waals surface area contributed by atoms with E-state index in [1.165, 1.54) is 31.4 Å². The van der Waals surface area contributed by atoms with Gasteiger partial charge in [-0.3, -0.25) is 9.52 Å². The number of carbonyl (C=O) groups is 1. The lowest BCUT2D eigenvalue weighted by Gasteiger charge is -2.16. The van der Waals surface area contributed by atoms with Crippen LogP contribution in [-0.4, -0.2) is 45.5 Å². The molecule has 1 aliphatic rings. The SMILES string of the molecule is COc1ccc(NS(=O)(=O)c2ccc(C(=O)N3CC[C@@H](N)C3)cc2)cc1.Cl. The highest BCUT2D eigenvalue weighted by molar-refractivity contribution is 7.92. The Morgan fingerprint density at radius 1 is 1.15 bits per heavy atom. The van der Waals surface area contributed by atoms with Gasteiger partial charge in [0, 0.05) is 30.4 Å². The van der Waals surface area contributed by atoms with E-state index in [2.05, 4.69) is 4.72 Å². The third-order valence-electron chi connectivity index (χ3n) is 4.27. The van der Waals surface area contributed by atoms with Crippen LogP contribution < -0.4 is 15.2 Å². The van der Waals surface area contributed by atoms with Crippen molar-refractivity contribution >= 4 is 34.0 Å². The van der Waals surface area contributed by atoms with Gasteiger partial charge in [0.2, 0.25) is 0 Å². The molecule has 1 amide bonds. The van der Waals surface area contributed by atoms with Crippen molar-refractivity contribution in [1.29, 1.82) is 0 Å². The standard InChI is InChI=1S/C18H21N3O4S.ClH/c1-25-16-6-4-15(5-7-16)20-26(23,24)17-8-2-13(3-9-17)18(22)21-11-10-14(19)12-21;/h2-9,14,20H,10-12,19H2,1H3;1H/t14-;/m1./s1. The van der Waals surface area contributed by atoms with Crippen molar-refractivity contribution in [1.82, 2.24) is 4.90 Å². The molecule has 0 aliphatic carbocycles. The monoisotopic (exact) mass is 411 g/mol. The second-order valence-electron chi connectivity index (χ2n) is 6.16. The van der Waals surface area contributed by atoms with E-state index in [0.717, 1.165) is 6.42 Å². The van der Waals surface area contributed by atoms with Crippen LogP contribution in [-0.2, 0) is 10.0 Å². The van der Waals surface area contributed by atoms with Gasteiger partial charge in [-0.15, -0.1) is 12.4 Å². The van der Waals surface area contributed by atoms with Crippen molar-refractivity contribution in [2.45, 2.75) is 17.4 Å². The smallest absolute Gasteiger partial charge is 0.261 e. The molecule has 9 heteroatoms. The quantitative estimate of drug-likeness (QED) is 0.784. The molecule has 7 nitrogen and oxygen atoms in total. The number of rotatable bonds is 5. The Balaban J connectivity index is 0.00000261. The minimum atomic E-state index is -3.74. The van der Waals surface area contributed by atoms with E-state index in [-0.39, 0.29) is 29.3 Å². The van der Waals surface area contributed by atoms with Crippen LogP contribution in [0.1, 0.15) is 16.8 Å². The summed E-state index contributed by atoms with van der Waals surface area (Å²) < 4.78 is 32.5. The Kier molecular flexibility index (Phi) is 6.69. The molecular formula is C18H22ClN3O4S. The van der Waals surface area contributed by atoms with Gasteiger partial charge >= 0.3 is 0 Å². The summed E-state index contributed by atoms with van der Waals surface area (Å²) in [7, 11) is -2.20. The third-order valence-corrected chi connectivity index (χ3v) is 5.66. The fourth-order valence-electron chi connectivity index (χ4n) is 2.80. The number of ether oxygens (including phenoxy) is 1. The van der Waals surface area contributed by atoms with Crippen LogP contribution in [0.25, 0.3) is 0 Å². The van der Waals surface area contributed by atoms with Gasteiger partial charge < -0.3 is 15.4 Å². The summed E-state index contributed by atoms with van der Waals surface area (Å²) >= 11 is 0. The number of anilines is 1. The lowest BCUT2D eigenvalue weighted by Crippen LogP contribution is -2.31. The Morgan fingerprint density at radius 3 is 2.30 bits per heavy atom. The number of benzene rings is 2. The maximum Gasteiger partial charge on any atom is 0.261 e. The Labute approximate surface area is 165 Å². The third kappa shape index (κ3) is 4.91. The predicted octanol–water partition coefficient (Wildman–Crippen LogP) is 2.09. The van der Waals surface area contributed by atoms with Gasteiger partial charge in [0.1, 0.15) is 5.75 Å². The normalized spacial score (nSPS) is 16.5. The fourth-order valence-corrected chi connectivity index (χ4v) is 3.86. The summed E-state index contributed by atoms with van der Waals surface area (Å²) in [5, 5.41) is 0. The summed E-state index contributed by atoms with van der Waals surface area (Å²) in [5.74, 6) is 0.502. The topological polar surface area (TPSA) is 102 Å². The molecule has 1 aliphatic heterocycles. The molecule has 3 rings (SSSR count). The Hall–Kier alpha value is -2.29. The minimum absolute atomic E-state index is 0. The number of hydrogen-bond acceptors (Lipinski definition) is 5. The zero-order chi connectivity index (χ0) is 18.7. The molecule has 0 radical (unpaired) electrons. The maximum atomic E-state index is 12.5. The first-order valence-corrected chi connectivity index (χ1v) is 9.69. The van der Waals surface area contributed by atoms with Gasteiger partial charge in [0.25, 0.3) is 15.9 Å². The van der Waals surface area contributed by atoms with Crippen molar-refractivity contribution in [3.63, 3.8) is 0 Å². The first-order valence-electron chi connectivity index (χ1n) is 8.21. The van der Waals surface area contributed by atoms with E-state index < -0.39 is 10.0 Å². The van der Waals surface area contributed by atoms with Crippen molar-refractivity contribution in [3.8, 4) is 5.75 Å². The van der Waals surface area contributed by atoms with Gasteiger partial charge in [0.15, 0.2) is 0 Å². The molecule has 27 heavy (non-hydrogen) atoms. The number of halogens is 1. The average molecular weight is 412 g/mol. The van der Waals surface area contributed by atoms with Crippen molar-refractivity contribution in [2.75, 3.05) is 24.9 Å². The minimum Gasteiger partial charge on any atom is -0.497 e. The molecule has 146 valence electrons. The van der Waals surface area contributed by atoms with Gasteiger partial charge in [-0.25, -0.2) is 8.42 Å². The van der Waals surface area contributed by atoms with E-state index in [1.807, 2.05) is 0 Å². The number of hydrogen-bond donors (Lipinski definition) is 2. The molecule has 2 aromatic rings. The summed E-state index contributed by atoms with van der Waals surface area (Å²) in [6.45, 7) is 1.15. The number of nitrogens with zero attached hydrogens (tertiary/aromatic N) is 1. The van der Waals surface area contributed by atoms with Crippen LogP contribution in [0.5, 0.6) is 5.75 Å². The van der Waals surface area contributed by atoms with Crippen LogP contribution in [0, 0.1) is 0 Å². The summed E-state index contributed by atoms with van der Waals surface area (Å²) in [4.78, 5) is 14.2. The molecule has 0 bridgehead atoms. The van der Waals surface area contributed by atoms with E-state index in [4.69, 9.17) is 10.5 Å². The second-order valence-corrected chi connectivity index (χ2v) is 7.84. The number of carbonyl (C=O) groups excluding carboxylic acids is 1. The Bertz CT molecular complexity index is 886. The van der Waals surface area contributed by atoms with E-state index >= 15 is 0 Å². The van der Waals surface area contributed by atoms with Gasteiger partial charge in [-0.1, -0.05) is 0 Å². The molecule has 2 aromatic carbocycles. The predicted molar refractivity (Wildman–Crippen MR) is 106 cm³/mol. The molecule has 1 heterocycles. The highest BCUT2D eigenvalue weighted by Crippen LogP contribution is 2.20. The maximum absolute atomic E-state index is 12.5. The largest absolute Gasteiger partial charge is 0.497 e. The molecule has 0 aromatic heterocycles. The number of sulfonamides is 1.